The second kappa shape index (κ2) is 7.59. The summed E-state index contributed by atoms with van der Waals surface area (Å²) < 4.78 is 5.24. The molecule has 1 atom stereocenters. The van der Waals surface area contributed by atoms with Crippen LogP contribution in [0.3, 0.4) is 0 Å². The molecule has 1 aromatic rings. The molecule has 0 spiro atoms. The molecule has 1 saturated heterocycles. The molecule has 118 valence electrons. The molecule has 0 bridgehead atoms. The zero-order valence-electron chi connectivity index (χ0n) is 12.2. The summed E-state index contributed by atoms with van der Waals surface area (Å²) in [7, 11) is 0. The summed E-state index contributed by atoms with van der Waals surface area (Å²) in [6.45, 7) is 0.953. The van der Waals surface area contributed by atoms with E-state index in [0.717, 1.165) is 5.56 Å². The number of ether oxygens (including phenoxy) is 1. The number of ketones is 1. The Morgan fingerprint density at radius 3 is 2.64 bits per heavy atom. The molecule has 0 aliphatic carbocycles. The van der Waals surface area contributed by atoms with Crippen molar-refractivity contribution in [2.75, 3.05) is 13.1 Å². The van der Waals surface area contributed by atoms with Gasteiger partial charge in [0.25, 0.3) is 0 Å². The highest BCUT2D eigenvalue weighted by molar-refractivity contribution is 5.96. The lowest BCUT2D eigenvalue weighted by Crippen LogP contribution is -2.42. The monoisotopic (exact) mass is 305 g/mol. The van der Waals surface area contributed by atoms with Gasteiger partial charge in [0.1, 0.15) is 18.8 Å². The molecule has 6 nitrogen and oxygen atoms in total. The van der Waals surface area contributed by atoms with E-state index < -0.39 is 24.4 Å². The van der Waals surface area contributed by atoms with Crippen LogP contribution in [0, 0.1) is 5.92 Å². The van der Waals surface area contributed by atoms with Gasteiger partial charge < -0.3 is 14.7 Å². The maximum Gasteiger partial charge on any atom is 0.410 e. The maximum absolute atomic E-state index is 12.0. The highest BCUT2D eigenvalue weighted by Crippen LogP contribution is 2.19. The Morgan fingerprint density at radius 1 is 1.23 bits per heavy atom. The minimum atomic E-state index is -1.13. The van der Waals surface area contributed by atoms with Crippen LogP contribution in [0.4, 0.5) is 4.79 Å². The van der Waals surface area contributed by atoms with Gasteiger partial charge in [-0.15, -0.1) is 0 Å². The molecule has 1 heterocycles. The highest BCUT2D eigenvalue weighted by atomic mass is 16.6. The van der Waals surface area contributed by atoms with Crippen LogP contribution >= 0.6 is 0 Å². The number of rotatable bonds is 5. The fraction of sp³-hybridized carbons (Fsp3) is 0.438. The van der Waals surface area contributed by atoms with E-state index in [0.29, 0.717) is 19.4 Å². The van der Waals surface area contributed by atoms with Gasteiger partial charge in [-0.3, -0.25) is 9.59 Å². The number of carbonyl (C=O) groups is 3. The zero-order chi connectivity index (χ0) is 15.9. The maximum atomic E-state index is 12.0. The molecule has 1 aliphatic rings. The SMILES string of the molecule is O=C(O)CC(=O)[C@H]1CCCN(C(=O)OCc2ccccc2)C1. The van der Waals surface area contributed by atoms with Gasteiger partial charge in [0.05, 0.1) is 0 Å². The van der Waals surface area contributed by atoms with E-state index in [4.69, 9.17) is 9.84 Å². The molecule has 1 fully saturated rings. The lowest BCUT2D eigenvalue weighted by Gasteiger charge is -2.31. The summed E-state index contributed by atoms with van der Waals surface area (Å²) in [5.41, 5.74) is 0.895. The number of amides is 1. The Labute approximate surface area is 128 Å². The number of hydrogen-bond donors (Lipinski definition) is 1. The van der Waals surface area contributed by atoms with E-state index in [-0.39, 0.29) is 18.9 Å². The van der Waals surface area contributed by atoms with E-state index in [1.807, 2.05) is 30.3 Å². The summed E-state index contributed by atoms with van der Waals surface area (Å²) in [6.07, 6.45) is 0.347. The Balaban J connectivity index is 1.84. The summed E-state index contributed by atoms with van der Waals surface area (Å²) in [6, 6.07) is 9.34. The first-order valence-corrected chi connectivity index (χ1v) is 7.26. The first-order valence-electron chi connectivity index (χ1n) is 7.26. The van der Waals surface area contributed by atoms with Crippen molar-refractivity contribution in [3.8, 4) is 0 Å². The molecule has 0 radical (unpaired) electrons. The quantitative estimate of drug-likeness (QED) is 0.842. The van der Waals surface area contributed by atoms with E-state index in [9.17, 15) is 14.4 Å². The average molecular weight is 305 g/mol. The standard InChI is InChI=1S/C16H19NO5/c18-14(9-15(19)20)13-7-4-8-17(10-13)16(21)22-11-12-5-2-1-3-6-12/h1-3,5-6,13H,4,7-11H2,(H,19,20)/t13-/m0/s1. The lowest BCUT2D eigenvalue weighted by molar-refractivity contribution is -0.141. The molecule has 0 saturated carbocycles. The average Bonchev–Trinajstić information content (AvgIpc) is 2.53. The van der Waals surface area contributed by atoms with Crippen molar-refractivity contribution in [2.45, 2.75) is 25.9 Å². The van der Waals surface area contributed by atoms with Crippen molar-refractivity contribution in [3.63, 3.8) is 0 Å². The smallest absolute Gasteiger partial charge is 0.410 e. The number of hydrogen-bond acceptors (Lipinski definition) is 4. The van der Waals surface area contributed by atoms with Crippen LogP contribution in [0.15, 0.2) is 30.3 Å². The van der Waals surface area contributed by atoms with E-state index in [1.54, 1.807) is 0 Å². The van der Waals surface area contributed by atoms with Gasteiger partial charge in [-0.05, 0) is 18.4 Å². The second-order valence-corrected chi connectivity index (χ2v) is 5.36. The van der Waals surface area contributed by atoms with Gasteiger partial charge in [-0.1, -0.05) is 30.3 Å². The van der Waals surface area contributed by atoms with Gasteiger partial charge in [0.2, 0.25) is 0 Å². The molecule has 1 aliphatic heterocycles. The molecule has 1 N–H and O–H groups in total. The summed E-state index contributed by atoms with van der Waals surface area (Å²) in [5.74, 6) is -1.86. The van der Waals surface area contributed by atoms with Crippen molar-refractivity contribution >= 4 is 17.8 Å². The van der Waals surface area contributed by atoms with Crippen LogP contribution in [0.5, 0.6) is 0 Å². The number of carboxylic acid groups (broad SMARTS) is 1. The number of nitrogens with zero attached hydrogens (tertiary/aromatic N) is 1. The number of benzene rings is 1. The third kappa shape index (κ3) is 4.58. The molecule has 1 aromatic carbocycles. The Morgan fingerprint density at radius 2 is 1.95 bits per heavy atom. The van der Waals surface area contributed by atoms with Crippen molar-refractivity contribution in [1.82, 2.24) is 4.90 Å². The molecular formula is C16H19NO5. The fourth-order valence-corrected chi connectivity index (χ4v) is 2.51. The predicted molar refractivity (Wildman–Crippen MR) is 78.2 cm³/mol. The van der Waals surface area contributed by atoms with Gasteiger partial charge in [-0.2, -0.15) is 0 Å². The molecular weight excluding hydrogens is 286 g/mol. The summed E-state index contributed by atoms with van der Waals surface area (Å²) in [5, 5.41) is 8.67. The van der Waals surface area contributed by atoms with Crippen molar-refractivity contribution in [2.24, 2.45) is 5.92 Å². The Bertz CT molecular complexity index is 543. The Hall–Kier alpha value is -2.37. The number of carboxylic acids is 1. The van der Waals surface area contributed by atoms with Crippen LogP contribution in [-0.2, 0) is 20.9 Å². The van der Waals surface area contributed by atoms with Gasteiger partial charge in [0, 0.05) is 19.0 Å². The molecule has 6 heteroatoms. The zero-order valence-corrected chi connectivity index (χ0v) is 12.2. The molecule has 22 heavy (non-hydrogen) atoms. The topological polar surface area (TPSA) is 83.9 Å². The van der Waals surface area contributed by atoms with Crippen LogP contribution < -0.4 is 0 Å². The molecule has 1 amide bonds. The van der Waals surface area contributed by atoms with E-state index in [1.165, 1.54) is 4.90 Å². The third-order valence-corrected chi connectivity index (χ3v) is 3.67. The normalized spacial score (nSPS) is 17.8. The van der Waals surface area contributed by atoms with Gasteiger partial charge in [0.15, 0.2) is 0 Å². The summed E-state index contributed by atoms with van der Waals surface area (Å²) >= 11 is 0. The van der Waals surface area contributed by atoms with Gasteiger partial charge in [-0.25, -0.2) is 4.79 Å². The van der Waals surface area contributed by atoms with Crippen molar-refractivity contribution in [3.05, 3.63) is 35.9 Å². The first-order chi connectivity index (χ1) is 10.6. The van der Waals surface area contributed by atoms with Crippen LogP contribution in [0.2, 0.25) is 0 Å². The third-order valence-electron chi connectivity index (χ3n) is 3.67. The molecule has 2 rings (SSSR count). The highest BCUT2D eigenvalue weighted by Gasteiger charge is 2.29. The van der Waals surface area contributed by atoms with Crippen LogP contribution in [-0.4, -0.2) is 40.9 Å². The second-order valence-electron chi connectivity index (χ2n) is 5.36. The lowest BCUT2D eigenvalue weighted by atomic mass is 9.92. The van der Waals surface area contributed by atoms with Crippen LogP contribution in [0.1, 0.15) is 24.8 Å². The largest absolute Gasteiger partial charge is 0.481 e. The summed E-state index contributed by atoms with van der Waals surface area (Å²) in [4.78, 5) is 35.9. The van der Waals surface area contributed by atoms with Crippen LogP contribution in [0.25, 0.3) is 0 Å². The fourth-order valence-electron chi connectivity index (χ4n) is 2.51. The van der Waals surface area contributed by atoms with E-state index in [2.05, 4.69) is 0 Å². The minimum Gasteiger partial charge on any atom is -0.481 e. The number of piperidine rings is 1. The number of Topliss-reactive ketones (excluding diaryl/α,β-unsaturated/α-hetero) is 1. The van der Waals surface area contributed by atoms with Gasteiger partial charge >= 0.3 is 12.1 Å². The number of aliphatic carboxylic acids is 1. The van der Waals surface area contributed by atoms with Crippen molar-refractivity contribution in [1.29, 1.82) is 0 Å². The van der Waals surface area contributed by atoms with Crippen molar-refractivity contribution < 1.29 is 24.2 Å². The molecule has 0 aromatic heterocycles. The number of likely N-dealkylation sites (tertiary alicyclic amines) is 1. The number of carbonyl (C=O) groups excluding carboxylic acids is 2. The first kappa shape index (κ1) is 16.0. The van der Waals surface area contributed by atoms with E-state index >= 15 is 0 Å². The predicted octanol–water partition coefficient (Wildman–Crippen LogP) is 2.08. The molecule has 0 unspecified atom stereocenters. The minimum absolute atomic E-state index is 0.184. The Kier molecular flexibility index (Phi) is 5.52.